The summed E-state index contributed by atoms with van der Waals surface area (Å²) in [7, 11) is -1.49. The summed E-state index contributed by atoms with van der Waals surface area (Å²) in [6.07, 6.45) is 1.22. The van der Waals surface area contributed by atoms with Gasteiger partial charge in [0.25, 0.3) is 0 Å². The van der Waals surface area contributed by atoms with Crippen LogP contribution >= 0.6 is 0 Å². The largest absolute Gasteiger partial charge is 0.361 e. The first-order chi connectivity index (χ1) is 12.6. The van der Waals surface area contributed by atoms with Crippen LogP contribution in [0.5, 0.6) is 0 Å². The minimum absolute atomic E-state index is 0.228. The molecule has 0 aliphatic rings. The number of hydrogen-bond donors (Lipinski definition) is 2. The second-order valence-electron chi connectivity index (χ2n) is 6.82. The third-order valence-electron chi connectivity index (χ3n) is 4.48. The van der Waals surface area contributed by atoms with Gasteiger partial charge in [-0.05, 0) is 38.0 Å². The van der Waals surface area contributed by atoms with E-state index in [4.69, 9.17) is 4.52 Å². The highest BCUT2D eigenvalue weighted by Crippen LogP contribution is 2.22. The fourth-order valence-electron chi connectivity index (χ4n) is 3.19. The van der Waals surface area contributed by atoms with Crippen LogP contribution in [0.2, 0.25) is 0 Å². The molecule has 1 heterocycles. The molecule has 2 aromatic rings. The van der Waals surface area contributed by atoms with Gasteiger partial charge in [-0.25, -0.2) is 8.42 Å². The highest BCUT2D eigenvalue weighted by Gasteiger charge is 2.16. The molecule has 0 amide bonds. The van der Waals surface area contributed by atoms with Gasteiger partial charge in [0.05, 0.1) is 10.6 Å². The molecule has 8 heteroatoms. The summed E-state index contributed by atoms with van der Waals surface area (Å²) in [6.45, 7) is 9.01. The second-order valence-corrected chi connectivity index (χ2v) is 8.80. The summed E-state index contributed by atoms with van der Waals surface area (Å²) in [5.74, 6) is 1.75. The Balaban J connectivity index is 1.95. The maximum absolute atomic E-state index is 11.7. The van der Waals surface area contributed by atoms with E-state index < -0.39 is 9.84 Å². The SMILES string of the molecule is CN=C(NCc1ccc(S(C)(=O)=O)c(C)c1)NCC(C)c1c(C)noc1C. The van der Waals surface area contributed by atoms with Crippen molar-refractivity contribution in [1.82, 2.24) is 15.8 Å². The molecule has 7 nitrogen and oxygen atoms in total. The molecule has 1 aromatic carbocycles. The van der Waals surface area contributed by atoms with Crippen molar-refractivity contribution in [3.8, 4) is 0 Å². The second kappa shape index (κ2) is 8.56. The zero-order valence-electron chi connectivity index (χ0n) is 16.8. The molecule has 27 heavy (non-hydrogen) atoms. The lowest BCUT2D eigenvalue weighted by Gasteiger charge is -2.16. The summed E-state index contributed by atoms with van der Waals surface area (Å²) in [5.41, 5.74) is 3.75. The van der Waals surface area contributed by atoms with Gasteiger partial charge < -0.3 is 15.2 Å². The predicted molar refractivity (Wildman–Crippen MR) is 107 cm³/mol. The molecule has 0 saturated carbocycles. The van der Waals surface area contributed by atoms with Crippen molar-refractivity contribution in [3.63, 3.8) is 0 Å². The van der Waals surface area contributed by atoms with Crippen molar-refractivity contribution in [3.05, 3.63) is 46.3 Å². The van der Waals surface area contributed by atoms with Gasteiger partial charge in [-0.1, -0.05) is 24.2 Å². The van der Waals surface area contributed by atoms with Crippen LogP contribution < -0.4 is 10.6 Å². The Kier molecular flexibility index (Phi) is 6.64. The number of aliphatic imine (C=N–C) groups is 1. The molecule has 0 aliphatic carbocycles. The highest BCUT2D eigenvalue weighted by atomic mass is 32.2. The molecule has 0 saturated heterocycles. The zero-order chi connectivity index (χ0) is 20.2. The van der Waals surface area contributed by atoms with Crippen LogP contribution in [0.15, 0.2) is 32.6 Å². The third-order valence-corrected chi connectivity index (χ3v) is 5.74. The Labute approximate surface area is 161 Å². The van der Waals surface area contributed by atoms with E-state index in [-0.39, 0.29) is 5.92 Å². The Morgan fingerprint density at radius 3 is 2.48 bits per heavy atom. The van der Waals surface area contributed by atoms with Crippen molar-refractivity contribution in [1.29, 1.82) is 0 Å². The Hall–Kier alpha value is -2.35. The average Bonchev–Trinajstić information content (AvgIpc) is 2.92. The van der Waals surface area contributed by atoms with Crippen LogP contribution in [-0.4, -0.2) is 39.4 Å². The number of nitrogens with one attached hydrogen (secondary N) is 2. The van der Waals surface area contributed by atoms with Crippen molar-refractivity contribution in [2.75, 3.05) is 19.8 Å². The van der Waals surface area contributed by atoms with Gasteiger partial charge >= 0.3 is 0 Å². The first kappa shape index (κ1) is 21.0. The van der Waals surface area contributed by atoms with Gasteiger partial charge in [0.15, 0.2) is 15.8 Å². The van der Waals surface area contributed by atoms with E-state index in [0.29, 0.717) is 23.9 Å². The third kappa shape index (κ3) is 5.32. The first-order valence-electron chi connectivity index (χ1n) is 8.80. The lowest BCUT2D eigenvalue weighted by atomic mass is 10.00. The minimum atomic E-state index is -3.20. The summed E-state index contributed by atoms with van der Waals surface area (Å²) < 4.78 is 28.7. The van der Waals surface area contributed by atoms with E-state index in [2.05, 4.69) is 27.7 Å². The summed E-state index contributed by atoms with van der Waals surface area (Å²) in [6, 6.07) is 5.34. The summed E-state index contributed by atoms with van der Waals surface area (Å²) >= 11 is 0. The monoisotopic (exact) mass is 392 g/mol. The van der Waals surface area contributed by atoms with Crippen molar-refractivity contribution in [2.45, 2.75) is 45.1 Å². The first-order valence-corrected chi connectivity index (χ1v) is 10.7. The van der Waals surface area contributed by atoms with E-state index in [1.54, 1.807) is 20.0 Å². The van der Waals surface area contributed by atoms with Gasteiger partial charge in [0, 0.05) is 37.9 Å². The van der Waals surface area contributed by atoms with E-state index in [9.17, 15) is 8.42 Å². The van der Waals surface area contributed by atoms with Gasteiger partial charge in [0.2, 0.25) is 0 Å². The maximum atomic E-state index is 11.7. The zero-order valence-corrected chi connectivity index (χ0v) is 17.6. The quantitative estimate of drug-likeness (QED) is 0.579. The molecular formula is C19H28N4O3S. The molecule has 0 bridgehead atoms. The molecule has 2 rings (SSSR count). The Morgan fingerprint density at radius 2 is 1.96 bits per heavy atom. The molecule has 0 spiro atoms. The number of sulfone groups is 1. The molecule has 0 aliphatic heterocycles. The molecule has 0 radical (unpaired) electrons. The van der Waals surface area contributed by atoms with E-state index in [0.717, 1.165) is 28.1 Å². The number of rotatable bonds is 6. The molecule has 2 N–H and O–H groups in total. The number of nitrogens with zero attached hydrogens (tertiary/aromatic N) is 2. The molecule has 0 fully saturated rings. The molecule has 148 valence electrons. The molecule has 1 atom stereocenters. The van der Waals surface area contributed by atoms with Gasteiger partial charge in [-0.2, -0.15) is 0 Å². The van der Waals surface area contributed by atoms with Crippen LogP contribution in [0, 0.1) is 20.8 Å². The van der Waals surface area contributed by atoms with Crippen molar-refractivity contribution in [2.24, 2.45) is 4.99 Å². The molecule has 1 aromatic heterocycles. The minimum Gasteiger partial charge on any atom is -0.361 e. The molecule has 1 unspecified atom stereocenters. The van der Waals surface area contributed by atoms with Crippen LogP contribution in [0.25, 0.3) is 0 Å². The average molecular weight is 393 g/mol. The number of hydrogen-bond acceptors (Lipinski definition) is 5. The van der Waals surface area contributed by atoms with Crippen LogP contribution in [0.3, 0.4) is 0 Å². The highest BCUT2D eigenvalue weighted by molar-refractivity contribution is 7.90. The molecular weight excluding hydrogens is 364 g/mol. The fraction of sp³-hybridized carbons (Fsp3) is 0.474. The maximum Gasteiger partial charge on any atom is 0.191 e. The Morgan fingerprint density at radius 1 is 1.26 bits per heavy atom. The summed E-state index contributed by atoms with van der Waals surface area (Å²) in [5, 5.41) is 10.6. The predicted octanol–water partition coefficient (Wildman–Crippen LogP) is 2.47. The van der Waals surface area contributed by atoms with Crippen LogP contribution in [-0.2, 0) is 16.4 Å². The smallest absolute Gasteiger partial charge is 0.191 e. The van der Waals surface area contributed by atoms with Crippen LogP contribution in [0.4, 0.5) is 0 Å². The number of aromatic nitrogens is 1. The van der Waals surface area contributed by atoms with Crippen molar-refractivity contribution < 1.29 is 12.9 Å². The fourth-order valence-corrected chi connectivity index (χ4v) is 4.15. The normalized spacial score (nSPS) is 13.5. The summed E-state index contributed by atoms with van der Waals surface area (Å²) in [4.78, 5) is 4.60. The van der Waals surface area contributed by atoms with Gasteiger partial charge in [-0.3, -0.25) is 4.99 Å². The van der Waals surface area contributed by atoms with E-state index >= 15 is 0 Å². The standard InChI is InChI=1S/C19H28N4O3S/c1-12-9-16(7-8-17(12)27(6,24)25)11-22-19(20-5)21-10-13(2)18-14(3)23-26-15(18)4/h7-9,13H,10-11H2,1-6H3,(H2,20,21,22). The Bertz CT molecular complexity index is 913. The van der Waals surface area contributed by atoms with Crippen molar-refractivity contribution >= 4 is 15.8 Å². The van der Waals surface area contributed by atoms with E-state index in [1.165, 1.54) is 6.26 Å². The lowest BCUT2D eigenvalue weighted by Crippen LogP contribution is -2.38. The number of benzene rings is 1. The van der Waals surface area contributed by atoms with E-state index in [1.807, 2.05) is 26.0 Å². The topological polar surface area (TPSA) is 96.6 Å². The van der Waals surface area contributed by atoms with Gasteiger partial charge in [0.1, 0.15) is 5.76 Å². The van der Waals surface area contributed by atoms with Crippen LogP contribution in [0.1, 0.15) is 41.0 Å². The van der Waals surface area contributed by atoms with Gasteiger partial charge in [-0.15, -0.1) is 0 Å². The number of guanidine groups is 1. The number of aryl methyl sites for hydroxylation is 3. The lowest BCUT2D eigenvalue weighted by molar-refractivity contribution is 0.391.